The van der Waals surface area contributed by atoms with Crippen LogP contribution in [0.1, 0.15) is 51.5 Å². The molecule has 3 amide bonds. The van der Waals surface area contributed by atoms with Crippen molar-refractivity contribution >= 4 is 23.6 Å². The third kappa shape index (κ3) is 5.48. The van der Waals surface area contributed by atoms with Crippen LogP contribution >= 0.6 is 0 Å². The van der Waals surface area contributed by atoms with E-state index >= 15 is 0 Å². The van der Waals surface area contributed by atoms with Crippen molar-refractivity contribution in [3.8, 4) is 0 Å². The first kappa shape index (κ1) is 22.9. The highest BCUT2D eigenvalue weighted by molar-refractivity contribution is 6.01. The van der Waals surface area contributed by atoms with E-state index in [9.17, 15) is 27.6 Å². The van der Waals surface area contributed by atoms with Crippen molar-refractivity contribution in [2.24, 2.45) is 0 Å². The Bertz CT molecular complexity index is 885. The Morgan fingerprint density at radius 2 is 1.97 bits per heavy atom. The van der Waals surface area contributed by atoms with Crippen LogP contribution in [0.25, 0.3) is 0 Å². The van der Waals surface area contributed by atoms with Crippen LogP contribution in [0.5, 0.6) is 0 Å². The number of anilines is 1. The number of carbonyl (C=O) groups excluding carboxylic acids is 3. The number of likely N-dealkylation sites (tertiary alicyclic amines) is 1. The Morgan fingerprint density at radius 3 is 2.55 bits per heavy atom. The summed E-state index contributed by atoms with van der Waals surface area (Å²) >= 11 is 0. The summed E-state index contributed by atoms with van der Waals surface area (Å²) in [5.41, 5.74) is -0.700. The molecule has 2 unspecified atom stereocenters. The Morgan fingerprint density at radius 1 is 1.26 bits per heavy atom. The number of halogens is 3. The molecule has 0 bridgehead atoms. The maximum absolute atomic E-state index is 14.8. The van der Waals surface area contributed by atoms with Crippen molar-refractivity contribution in [1.29, 1.82) is 0 Å². The summed E-state index contributed by atoms with van der Waals surface area (Å²) in [6, 6.07) is 3.06. The molecule has 0 radical (unpaired) electrons. The number of nitrogens with zero attached hydrogens (tertiary/aromatic N) is 1. The fourth-order valence-electron chi connectivity index (χ4n) is 3.74. The molecule has 1 aromatic carbocycles. The van der Waals surface area contributed by atoms with Gasteiger partial charge in [-0.3, -0.25) is 14.9 Å². The van der Waals surface area contributed by atoms with E-state index in [-0.39, 0.29) is 43.0 Å². The monoisotopic (exact) mass is 441 g/mol. The molecule has 7 nitrogen and oxygen atoms in total. The molecule has 2 heterocycles. The van der Waals surface area contributed by atoms with Crippen LogP contribution < -0.4 is 10.6 Å². The van der Waals surface area contributed by atoms with E-state index in [1.54, 1.807) is 20.8 Å². The van der Waals surface area contributed by atoms with Crippen LogP contribution in [0.4, 0.5) is 23.7 Å². The normalized spacial score (nSPS) is 23.9. The van der Waals surface area contributed by atoms with E-state index in [1.165, 1.54) is 12.1 Å². The van der Waals surface area contributed by atoms with Gasteiger partial charge in [-0.05, 0) is 51.3 Å². The molecule has 170 valence electrons. The van der Waals surface area contributed by atoms with Gasteiger partial charge in [-0.25, -0.2) is 18.0 Å². The standard InChI is InChI=1S/C21H26F3N3O4/c1-20(2,3)31-19(30)27-9-8-14(21(23,24)11-27)13-5-4-12(10-15(13)22)25-16-6-7-17(28)26-18(16)29/h4-5,10,14,16,25H,6-9,11H2,1-3H3,(H,26,28,29). The molecule has 1 aromatic rings. The lowest BCUT2D eigenvalue weighted by atomic mass is 9.86. The number of piperidine rings is 2. The van der Waals surface area contributed by atoms with Crippen LogP contribution in [-0.2, 0) is 14.3 Å². The highest BCUT2D eigenvalue weighted by Gasteiger charge is 2.48. The summed E-state index contributed by atoms with van der Waals surface area (Å²) < 4.78 is 49.5. The van der Waals surface area contributed by atoms with Crippen molar-refractivity contribution in [3.05, 3.63) is 29.6 Å². The third-order valence-corrected chi connectivity index (χ3v) is 5.21. The Hall–Kier alpha value is -2.78. The quantitative estimate of drug-likeness (QED) is 0.702. The minimum Gasteiger partial charge on any atom is -0.444 e. The van der Waals surface area contributed by atoms with Crippen LogP contribution in [-0.4, -0.2) is 53.5 Å². The van der Waals surface area contributed by atoms with Crippen molar-refractivity contribution in [3.63, 3.8) is 0 Å². The molecular weight excluding hydrogens is 415 g/mol. The number of rotatable bonds is 3. The predicted octanol–water partition coefficient (Wildman–Crippen LogP) is 3.40. The number of ether oxygens (including phenoxy) is 1. The van der Waals surface area contributed by atoms with Crippen molar-refractivity contribution < 1.29 is 32.3 Å². The number of benzene rings is 1. The average molecular weight is 441 g/mol. The molecule has 2 N–H and O–H groups in total. The molecule has 2 aliphatic rings. The van der Waals surface area contributed by atoms with Gasteiger partial charge in [0, 0.05) is 18.7 Å². The van der Waals surface area contributed by atoms with Crippen molar-refractivity contribution in [2.45, 2.75) is 63.5 Å². The maximum Gasteiger partial charge on any atom is 0.410 e. The SMILES string of the molecule is CC(C)(C)OC(=O)N1CCC(c2ccc(NC3CCC(=O)NC3=O)cc2F)C(F)(F)C1. The predicted molar refractivity (Wildman–Crippen MR) is 106 cm³/mol. The van der Waals surface area contributed by atoms with Gasteiger partial charge >= 0.3 is 6.09 Å². The molecule has 0 saturated carbocycles. The number of imide groups is 1. The van der Waals surface area contributed by atoms with Crippen LogP contribution in [0.3, 0.4) is 0 Å². The van der Waals surface area contributed by atoms with Gasteiger partial charge in [0.1, 0.15) is 17.5 Å². The molecular formula is C21H26F3N3O4. The van der Waals surface area contributed by atoms with E-state index in [4.69, 9.17) is 4.74 Å². The highest BCUT2D eigenvalue weighted by atomic mass is 19.3. The smallest absolute Gasteiger partial charge is 0.410 e. The van der Waals surface area contributed by atoms with Gasteiger partial charge in [-0.1, -0.05) is 6.07 Å². The zero-order chi connectivity index (χ0) is 23.0. The molecule has 2 fully saturated rings. The molecule has 0 spiro atoms. The number of carbonyl (C=O) groups is 3. The molecule has 3 rings (SSSR count). The maximum atomic E-state index is 14.8. The zero-order valence-electron chi connectivity index (χ0n) is 17.6. The minimum atomic E-state index is -3.34. The second-order valence-electron chi connectivity index (χ2n) is 8.89. The molecule has 2 atom stereocenters. The number of hydrogen-bond donors (Lipinski definition) is 2. The average Bonchev–Trinajstić information content (AvgIpc) is 2.63. The number of amides is 3. The molecule has 10 heteroatoms. The lowest BCUT2D eigenvalue weighted by Gasteiger charge is -2.39. The van der Waals surface area contributed by atoms with E-state index < -0.39 is 47.8 Å². The Labute approximate surface area is 178 Å². The second kappa shape index (κ2) is 8.39. The van der Waals surface area contributed by atoms with E-state index in [0.717, 1.165) is 11.0 Å². The first-order valence-electron chi connectivity index (χ1n) is 10.1. The summed E-state index contributed by atoms with van der Waals surface area (Å²) in [7, 11) is 0. The van der Waals surface area contributed by atoms with Crippen LogP contribution in [0.15, 0.2) is 18.2 Å². The van der Waals surface area contributed by atoms with E-state index in [1.807, 2.05) is 0 Å². The van der Waals surface area contributed by atoms with Gasteiger partial charge < -0.3 is 15.0 Å². The van der Waals surface area contributed by atoms with E-state index in [0.29, 0.717) is 0 Å². The van der Waals surface area contributed by atoms with Crippen LogP contribution in [0, 0.1) is 5.82 Å². The number of alkyl halides is 2. The zero-order valence-corrected chi connectivity index (χ0v) is 17.6. The van der Waals surface area contributed by atoms with Gasteiger partial charge in [0.2, 0.25) is 11.8 Å². The summed E-state index contributed by atoms with van der Waals surface area (Å²) in [5, 5.41) is 5.01. The molecule has 31 heavy (non-hydrogen) atoms. The molecule has 0 aromatic heterocycles. The van der Waals surface area contributed by atoms with Crippen molar-refractivity contribution in [2.75, 3.05) is 18.4 Å². The lowest BCUT2D eigenvalue weighted by molar-refractivity contribution is -0.133. The van der Waals surface area contributed by atoms with Crippen molar-refractivity contribution in [1.82, 2.24) is 10.2 Å². The largest absolute Gasteiger partial charge is 0.444 e. The topological polar surface area (TPSA) is 87.7 Å². The van der Waals surface area contributed by atoms with E-state index in [2.05, 4.69) is 10.6 Å². The van der Waals surface area contributed by atoms with Crippen LogP contribution in [0.2, 0.25) is 0 Å². The van der Waals surface area contributed by atoms with Gasteiger partial charge in [0.25, 0.3) is 5.92 Å². The first-order valence-corrected chi connectivity index (χ1v) is 10.1. The lowest BCUT2D eigenvalue weighted by Crippen LogP contribution is -2.51. The summed E-state index contributed by atoms with van der Waals surface area (Å²) in [5.74, 6) is -6.44. The fraction of sp³-hybridized carbons (Fsp3) is 0.571. The van der Waals surface area contributed by atoms with Gasteiger partial charge in [-0.15, -0.1) is 0 Å². The third-order valence-electron chi connectivity index (χ3n) is 5.21. The summed E-state index contributed by atoms with van der Waals surface area (Å²) in [6.45, 7) is 4.11. The molecule has 2 aliphatic heterocycles. The fourth-order valence-corrected chi connectivity index (χ4v) is 3.74. The summed E-state index contributed by atoms with van der Waals surface area (Å²) in [6.07, 6.45) is -0.528. The highest BCUT2D eigenvalue weighted by Crippen LogP contribution is 2.42. The summed E-state index contributed by atoms with van der Waals surface area (Å²) in [4.78, 5) is 36.1. The molecule has 2 saturated heterocycles. The van der Waals surface area contributed by atoms with Gasteiger partial charge in [0.15, 0.2) is 0 Å². The minimum absolute atomic E-state index is 0.0187. The van der Waals surface area contributed by atoms with Gasteiger partial charge in [0.05, 0.1) is 12.5 Å². The Balaban J connectivity index is 1.69. The number of hydrogen-bond acceptors (Lipinski definition) is 5. The second-order valence-corrected chi connectivity index (χ2v) is 8.89. The Kier molecular flexibility index (Phi) is 6.20. The molecule has 0 aliphatic carbocycles. The first-order chi connectivity index (χ1) is 14.4. The number of nitrogens with one attached hydrogen (secondary N) is 2. The van der Waals surface area contributed by atoms with Gasteiger partial charge in [-0.2, -0.15) is 0 Å².